The van der Waals surface area contributed by atoms with Crippen LogP contribution in [-0.4, -0.2) is 66.9 Å². The van der Waals surface area contributed by atoms with Gasteiger partial charge in [-0.05, 0) is 18.4 Å². The predicted molar refractivity (Wildman–Crippen MR) is 74.2 cm³/mol. The van der Waals surface area contributed by atoms with Gasteiger partial charge in [-0.1, -0.05) is 12.1 Å². The van der Waals surface area contributed by atoms with Crippen LogP contribution >= 0.6 is 0 Å². The molecule has 0 aliphatic carbocycles. The summed E-state index contributed by atoms with van der Waals surface area (Å²) in [6, 6.07) is 0. The van der Waals surface area contributed by atoms with Gasteiger partial charge in [0.2, 0.25) is 5.89 Å². The number of hydrogen-bond donors (Lipinski definition) is 0. The van der Waals surface area contributed by atoms with Gasteiger partial charge in [-0.2, -0.15) is 4.98 Å². The van der Waals surface area contributed by atoms with Crippen LogP contribution in [0.4, 0.5) is 0 Å². The van der Waals surface area contributed by atoms with Gasteiger partial charge in [0.15, 0.2) is 5.82 Å². The van der Waals surface area contributed by atoms with Crippen molar-refractivity contribution in [2.75, 3.05) is 46.9 Å². The van der Waals surface area contributed by atoms with E-state index in [9.17, 15) is 0 Å². The first-order valence-electron chi connectivity index (χ1n) is 7.30. The molecule has 112 valence electrons. The lowest BCUT2D eigenvalue weighted by Crippen LogP contribution is -2.30. The van der Waals surface area contributed by atoms with Crippen molar-refractivity contribution >= 4 is 0 Å². The van der Waals surface area contributed by atoms with E-state index in [2.05, 4.69) is 33.9 Å². The van der Waals surface area contributed by atoms with Gasteiger partial charge in [-0.25, -0.2) is 0 Å². The SMILES string of the molecule is COCCc1nc(CN2C[C@@H]3CN(C)C[C@]3(C)C2)no1. The zero-order valence-electron chi connectivity index (χ0n) is 12.6. The first-order chi connectivity index (χ1) is 9.59. The highest BCUT2D eigenvalue weighted by atomic mass is 16.5. The topological polar surface area (TPSA) is 54.6 Å². The van der Waals surface area contributed by atoms with Gasteiger partial charge in [0.1, 0.15) is 0 Å². The maximum absolute atomic E-state index is 5.24. The van der Waals surface area contributed by atoms with Crippen molar-refractivity contribution in [3.05, 3.63) is 11.7 Å². The van der Waals surface area contributed by atoms with Crippen LogP contribution in [0.3, 0.4) is 0 Å². The summed E-state index contributed by atoms with van der Waals surface area (Å²) in [6.07, 6.45) is 0.689. The Morgan fingerprint density at radius 2 is 2.25 bits per heavy atom. The number of hydrogen-bond acceptors (Lipinski definition) is 6. The molecule has 2 fully saturated rings. The van der Waals surface area contributed by atoms with Gasteiger partial charge in [-0.15, -0.1) is 0 Å². The van der Waals surface area contributed by atoms with E-state index in [0.29, 0.717) is 24.3 Å². The second-order valence-electron chi connectivity index (χ2n) is 6.56. The molecule has 20 heavy (non-hydrogen) atoms. The largest absolute Gasteiger partial charge is 0.384 e. The molecule has 6 heteroatoms. The van der Waals surface area contributed by atoms with Crippen LogP contribution in [0.25, 0.3) is 0 Å². The summed E-state index contributed by atoms with van der Waals surface area (Å²) in [7, 11) is 3.90. The lowest BCUT2D eigenvalue weighted by Gasteiger charge is -2.23. The van der Waals surface area contributed by atoms with Crippen molar-refractivity contribution in [1.82, 2.24) is 19.9 Å². The third-order valence-electron chi connectivity index (χ3n) is 4.61. The van der Waals surface area contributed by atoms with Gasteiger partial charge in [-0.3, -0.25) is 4.90 Å². The molecule has 1 aromatic rings. The highest BCUT2D eigenvalue weighted by Gasteiger charge is 2.48. The second kappa shape index (κ2) is 5.42. The van der Waals surface area contributed by atoms with E-state index in [1.54, 1.807) is 7.11 Å². The average Bonchev–Trinajstić information content (AvgIpc) is 2.99. The lowest BCUT2D eigenvalue weighted by atomic mass is 9.83. The molecule has 0 spiro atoms. The first-order valence-corrected chi connectivity index (χ1v) is 7.30. The Hall–Kier alpha value is -0.980. The van der Waals surface area contributed by atoms with Crippen LogP contribution in [0, 0.1) is 11.3 Å². The molecule has 0 aromatic carbocycles. The Labute approximate surface area is 120 Å². The second-order valence-corrected chi connectivity index (χ2v) is 6.56. The lowest BCUT2D eigenvalue weighted by molar-refractivity contribution is 0.191. The van der Waals surface area contributed by atoms with Crippen LogP contribution in [-0.2, 0) is 17.7 Å². The Morgan fingerprint density at radius 1 is 1.40 bits per heavy atom. The molecule has 2 aliphatic rings. The third-order valence-corrected chi connectivity index (χ3v) is 4.61. The van der Waals surface area contributed by atoms with Crippen LogP contribution in [0.1, 0.15) is 18.6 Å². The average molecular weight is 280 g/mol. The van der Waals surface area contributed by atoms with E-state index in [1.165, 1.54) is 13.1 Å². The summed E-state index contributed by atoms with van der Waals surface area (Å²) in [6.45, 7) is 8.50. The molecule has 2 saturated heterocycles. The van der Waals surface area contributed by atoms with Crippen LogP contribution < -0.4 is 0 Å². The highest BCUT2D eigenvalue weighted by Crippen LogP contribution is 2.41. The Balaban J connectivity index is 1.56. The minimum atomic E-state index is 0.428. The van der Waals surface area contributed by atoms with Crippen LogP contribution in [0.5, 0.6) is 0 Å². The van der Waals surface area contributed by atoms with Crippen molar-refractivity contribution in [2.24, 2.45) is 11.3 Å². The third kappa shape index (κ3) is 2.73. The van der Waals surface area contributed by atoms with Crippen LogP contribution in [0.2, 0.25) is 0 Å². The van der Waals surface area contributed by atoms with Crippen molar-refractivity contribution < 1.29 is 9.26 Å². The summed E-state index contributed by atoms with van der Waals surface area (Å²) >= 11 is 0. The molecule has 3 rings (SSSR count). The summed E-state index contributed by atoms with van der Waals surface area (Å²) in [4.78, 5) is 9.34. The number of rotatable bonds is 5. The Bertz CT molecular complexity index is 464. The molecule has 0 N–H and O–H groups in total. The molecule has 2 aliphatic heterocycles. The fraction of sp³-hybridized carbons (Fsp3) is 0.857. The molecule has 0 unspecified atom stereocenters. The van der Waals surface area contributed by atoms with Gasteiger partial charge in [0.25, 0.3) is 0 Å². The van der Waals surface area contributed by atoms with E-state index in [-0.39, 0.29) is 0 Å². The minimum Gasteiger partial charge on any atom is -0.384 e. The van der Waals surface area contributed by atoms with Crippen LogP contribution in [0.15, 0.2) is 4.52 Å². The summed E-state index contributed by atoms with van der Waals surface area (Å²) in [5, 5.41) is 4.07. The van der Waals surface area contributed by atoms with Crippen molar-refractivity contribution in [3.8, 4) is 0 Å². The number of aromatic nitrogens is 2. The van der Waals surface area contributed by atoms with Gasteiger partial charge in [0, 0.05) is 33.3 Å². The van der Waals surface area contributed by atoms with E-state index < -0.39 is 0 Å². The number of methoxy groups -OCH3 is 1. The predicted octanol–water partition coefficient (Wildman–Crippen LogP) is 0.642. The maximum atomic E-state index is 5.24. The summed E-state index contributed by atoms with van der Waals surface area (Å²) < 4.78 is 10.3. The highest BCUT2D eigenvalue weighted by molar-refractivity contribution is 5.02. The fourth-order valence-corrected chi connectivity index (χ4v) is 3.72. The monoisotopic (exact) mass is 280 g/mol. The number of ether oxygens (including phenoxy) is 1. The van der Waals surface area contributed by atoms with Crippen molar-refractivity contribution in [3.63, 3.8) is 0 Å². The molecular formula is C14H24N4O2. The first kappa shape index (κ1) is 14.0. The maximum Gasteiger partial charge on any atom is 0.229 e. The van der Waals surface area contributed by atoms with Gasteiger partial charge in [0.05, 0.1) is 19.6 Å². The van der Waals surface area contributed by atoms with E-state index >= 15 is 0 Å². The van der Waals surface area contributed by atoms with Crippen molar-refractivity contribution in [2.45, 2.75) is 19.9 Å². The van der Waals surface area contributed by atoms with Crippen molar-refractivity contribution in [1.29, 1.82) is 0 Å². The minimum absolute atomic E-state index is 0.428. The molecule has 0 bridgehead atoms. The molecule has 2 atom stereocenters. The zero-order chi connectivity index (χ0) is 14.2. The quantitative estimate of drug-likeness (QED) is 0.789. The molecule has 3 heterocycles. The van der Waals surface area contributed by atoms with E-state index in [1.807, 2.05) is 0 Å². The molecule has 1 aromatic heterocycles. The molecule has 0 saturated carbocycles. The summed E-state index contributed by atoms with van der Waals surface area (Å²) in [5.74, 6) is 2.24. The fourth-order valence-electron chi connectivity index (χ4n) is 3.72. The molecule has 6 nitrogen and oxygen atoms in total. The molecule has 0 radical (unpaired) electrons. The van der Waals surface area contributed by atoms with Gasteiger partial charge < -0.3 is 14.2 Å². The smallest absolute Gasteiger partial charge is 0.229 e. The standard InChI is InChI=1S/C14H24N4O2/c1-14-9-17(2)6-11(14)7-18(10-14)8-12-15-13(20-16-12)4-5-19-3/h11H,4-10H2,1-3H3/t11-,14+/m0/s1. The van der Waals surface area contributed by atoms with Gasteiger partial charge >= 0.3 is 0 Å². The molecular weight excluding hydrogens is 256 g/mol. The number of fused-ring (bicyclic) bond motifs is 1. The van der Waals surface area contributed by atoms with E-state index in [0.717, 1.165) is 31.4 Å². The molecule has 0 amide bonds. The number of nitrogens with zero attached hydrogens (tertiary/aromatic N) is 4. The summed E-state index contributed by atoms with van der Waals surface area (Å²) in [5.41, 5.74) is 0.428. The number of likely N-dealkylation sites (tertiary alicyclic amines) is 2. The van der Waals surface area contributed by atoms with E-state index in [4.69, 9.17) is 9.26 Å². The zero-order valence-corrected chi connectivity index (χ0v) is 12.6. The Kier molecular flexibility index (Phi) is 3.79. The Morgan fingerprint density at radius 3 is 3.00 bits per heavy atom. The normalized spacial score (nSPS) is 31.1.